The van der Waals surface area contributed by atoms with Gasteiger partial charge in [0.15, 0.2) is 0 Å². The molecule has 2 rings (SSSR count). The van der Waals surface area contributed by atoms with Crippen molar-refractivity contribution in [1.82, 2.24) is 0 Å². The Kier molecular flexibility index (Phi) is 2.57. The van der Waals surface area contributed by atoms with Crippen molar-refractivity contribution in [2.75, 3.05) is 31.2 Å². The first kappa shape index (κ1) is 9.31. The van der Waals surface area contributed by atoms with Gasteiger partial charge in [-0.1, -0.05) is 0 Å². The second kappa shape index (κ2) is 3.86. The fraction of sp³-hybridized carbons (Fsp3) is 0.444. The Morgan fingerprint density at radius 3 is 2.86 bits per heavy atom. The summed E-state index contributed by atoms with van der Waals surface area (Å²) in [5, 5.41) is 20.7. The van der Waals surface area contributed by atoms with E-state index < -0.39 is 0 Å². The number of thiophene rings is 1. The molecule has 1 aliphatic rings. The lowest BCUT2D eigenvalue weighted by Gasteiger charge is -2.27. The van der Waals surface area contributed by atoms with E-state index in [0.717, 1.165) is 18.1 Å². The number of aromatic hydroxyl groups is 1. The minimum absolute atomic E-state index is 0.0824. The standard InChI is InChI=1S/C9H10N2O2S/c10-5-7-8(12)6-14-9(7)11-1-3-13-4-2-11/h6,12H,1-4H2. The number of anilines is 1. The van der Waals surface area contributed by atoms with Gasteiger partial charge in [0.05, 0.1) is 13.2 Å². The molecule has 1 aliphatic heterocycles. The molecule has 0 radical (unpaired) electrons. The number of hydrogen-bond acceptors (Lipinski definition) is 5. The fourth-order valence-electron chi connectivity index (χ4n) is 1.44. The van der Waals surface area contributed by atoms with Gasteiger partial charge in [0, 0.05) is 18.5 Å². The average Bonchev–Trinajstić information content (AvgIpc) is 2.61. The molecular formula is C9H10N2O2S. The lowest BCUT2D eigenvalue weighted by atomic mass is 10.3. The molecule has 0 saturated carbocycles. The highest BCUT2D eigenvalue weighted by Crippen LogP contribution is 2.35. The van der Waals surface area contributed by atoms with Crippen LogP contribution in [0.4, 0.5) is 5.00 Å². The molecule has 0 unspecified atom stereocenters. The number of nitriles is 1. The predicted octanol–water partition coefficient (Wildman–Crippen LogP) is 1.16. The topological polar surface area (TPSA) is 56.5 Å². The van der Waals surface area contributed by atoms with Gasteiger partial charge in [0.2, 0.25) is 0 Å². The third kappa shape index (κ3) is 1.54. The molecular weight excluding hydrogens is 200 g/mol. The molecule has 14 heavy (non-hydrogen) atoms. The van der Waals surface area contributed by atoms with Crippen LogP contribution < -0.4 is 4.90 Å². The molecule has 1 aromatic heterocycles. The van der Waals surface area contributed by atoms with Gasteiger partial charge in [-0.2, -0.15) is 5.26 Å². The van der Waals surface area contributed by atoms with Gasteiger partial charge in [-0.3, -0.25) is 0 Å². The fourth-order valence-corrected chi connectivity index (χ4v) is 2.38. The monoisotopic (exact) mass is 210 g/mol. The molecule has 5 heteroatoms. The first-order valence-electron chi connectivity index (χ1n) is 4.36. The first-order valence-corrected chi connectivity index (χ1v) is 5.24. The molecule has 0 aromatic carbocycles. The Morgan fingerprint density at radius 1 is 1.50 bits per heavy atom. The van der Waals surface area contributed by atoms with Crippen molar-refractivity contribution in [1.29, 1.82) is 5.26 Å². The molecule has 74 valence electrons. The van der Waals surface area contributed by atoms with Crippen molar-refractivity contribution >= 4 is 16.3 Å². The third-order valence-electron chi connectivity index (χ3n) is 2.16. The minimum Gasteiger partial charge on any atom is -0.506 e. The van der Waals surface area contributed by atoms with E-state index in [-0.39, 0.29) is 5.75 Å². The van der Waals surface area contributed by atoms with Crippen LogP contribution in [-0.2, 0) is 4.74 Å². The summed E-state index contributed by atoms with van der Waals surface area (Å²) in [5.41, 5.74) is 0.386. The molecule has 1 saturated heterocycles. The second-order valence-electron chi connectivity index (χ2n) is 3.01. The summed E-state index contributed by atoms with van der Waals surface area (Å²) in [4.78, 5) is 2.08. The zero-order valence-corrected chi connectivity index (χ0v) is 8.38. The van der Waals surface area contributed by atoms with Crippen LogP contribution in [0.2, 0.25) is 0 Å². The van der Waals surface area contributed by atoms with Crippen molar-refractivity contribution < 1.29 is 9.84 Å². The SMILES string of the molecule is N#Cc1c(O)csc1N1CCOCC1. The van der Waals surface area contributed by atoms with Crippen LogP contribution in [0.25, 0.3) is 0 Å². The van der Waals surface area contributed by atoms with Crippen LogP contribution in [0.3, 0.4) is 0 Å². The van der Waals surface area contributed by atoms with Gasteiger partial charge in [0.1, 0.15) is 22.4 Å². The normalized spacial score (nSPS) is 16.6. The molecule has 2 heterocycles. The Hall–Kier alpha value is -1.25. The van der Waals surface area contributed by atoms with Gasteiger partial charge < -0.3 is 14.7 Å². The Labute approximate surface area is 86.0 Å². The van der Waals surface area contributed by atoms with Gasteiger partial charge in [0.25, 0.3) is 0 Å². The number of ether oxygens (including phenoxy) is 1. The van der Waals surface area contributed by atoms with Crippen molar-refractivity contribution in [2.24, 2.45) is 0 Å². The summed E-state index contributed by atoms with van der Waals surface area (Å²) >= 11 is 1.41. The van der Waals surface area contributed by atoms with Crippen LogP contribution >= 0.6 is 11.3 Å². The van der Waals surface area contributed by atoms with Crippen LogP contribution in [0, 0.1) is 11.3 Å². The molecule has 0 bridgehead atoms. The minimum atomic E-state index is 0.0824. The zero-order valence-electron chi connectivity index (χ0n) is 7.56. The highest BCUT2D eigenvalue weighted by molar-refractivity contribution is 7.14. The maximum absolute atomic E-state index is 9.39. The number of nitrogens with zero attached hydrogens (tertiary/aromatic N) is 2. The van der Waals surface area contributed by atoms with Crippen LogP contribution in [-0.4, -0.2) is 31.4 Å². The third-order valence-corrected chi connectivity index (χ3v) is 3.19. The summed E-state index contributed by atoms with van der Waals surface area (Å²) in [5.74, 6) is 0.0824. The van der Waals surface area contributed by atoms with E-state index in [1.54, 1.807) is 5.38 Å². The van der Waals surface area contributed by atoms with E-state index in [0.29, 0.717) is 18.8 Å². The summed E-state index contributed by atoms with van der Waals surface area (Å²) < 4.78 is 5.22. The Bertz CT molecular complexity index is 363. The molecule has 1 fully saturated rings. The van der Waals surface area contributed by atoms with E-state index in [1.807, 2.05) is 6.07 Å². The van der Waals surface area contributed by atoms with Crippen molar-refractivity contribution in [3.63, 3.8) is 0 Å². The van der Waals surface area contributed by atoms with E-state index in [1.165, 1.54) is 11.3 Å². The van der Waals surface area contributed by atoms with Crippen LogP contribution in [0.15, 0.2) is 5.38 Å². The van der Waals surface area contributed by atoms with Crippen molar-refractivity contribution in [3.8, 4) is 11.8 Å². The molecule has 1 aromatic rings. The average molecular weight is 210 g/mol. The predicted molar refractivity (Wildman–Crippen MR) is 53.7 cm³/mol. The lowest BCUT2D eigenvalue weighted by Crippen LogP contribution is -2.36. The maximum Gasteiger partial charge on any atom is 0.146 e. The lowest BCUT2D eigenvalue weighted by molar-refractivity contribution is 0.123. The highest BCUT2D eigenvalue weighted by atomic mass is 32.1. The van der Waals surface area contributed by atoms with Crippen molar-refractivity contribution in [2.45, 2.75) is 0 Å². The van der Waals surface area contributed by atoms with Gasteiger partial charge in [-0.05, 0) is 0 Å². The van der Waals surface area contributed by atoms with Gasteiger partial charge in [-0.15, -0.1) is 11.3 Å². The van der Waals surface area contributed by atoms with E-state index in [4.69, 9.17) is 10.00 Å². The summed E-state index contributed by atoms with van der Waals surface area (Å²) in [6.07, 6.45) is 0. The molecule has 1 N–H and O–H groups in total. The Morgan fingerprint density at radius 2 is 2.21 bits per heavy atom. The van der Waals surface area contributed by atoms with E-state index >= 15 is 0 Å². The summed E-state index contributed by atoms with van der Waals surface area (Å²) in [6, 6.07) is 2.02. The first-order chi connectivity index (χ1) is 6.83. The summed E-state index contributed by atoms with van der Waals surface area (Å²) in [7, 11) is 0. The smallest absolute Gasteiger partial charge is 0.146 e. The van der Waals surface area contributed by atoms with E-state index in [9.17, 15) is 5.11 Å². The largest absolute Gasteiger partial charge is 0.506 e. The maximum atomic E-state index is 9.39. The molecule has 0 spiro atoms. The van der Waals surface area contributed by atoms with E-state index in [2.05, 4.69) is 4.90 Å². The molecule has 0 atom stereocenters. The zero-order chi connectivity index (χ0) is 9.97. The summed E-state index contributed by atoms with van der Waals surface area (Å²) in [6.45, 7) is 2.94. The quantitative estimate of drug-likeness (QED) is 0.755. The number of rotatable bonds is 1. The van der Waals surface area contributed by atoms with Gasteiger partial charge in [-0.25, -0.2) is 0 Å². The van der Waals surface area contributed by atoms with Gasteiger partial charge >= 0.3 is 0 Å². The van der Waals surface area contributed by atoms with Crippen LogP contribution in [0.5, 0.6) is 5.75 Å². The molecule has 0 amide bonds. The molecule has 4 nitrogen and oxygen atoms in total. The number of hydrogen-bond donors (Lipinski definition) is 1. The number of morpholine rings is 1. The second-order valence-corrected chi connectivity index (χ2v) is 3.87. The highest BCUT2D eigenvalue weighted by Gasteiger charge is 2.18. The Balaban J connectivity index is 2.26. The van der Waals surface area contributed by atoms with Crippen LogP contribution in [0.1, 0.15) is 5.56 Å². The van der Waals surface area contributed by atoms with Crippen molar-refractivity contribution in [3.05, 3.63) is 10.9 Å². The molecule has 0 aliphatic carbocycles.